The molecule has 0 aromatic heterocycles. The van der Waals surface area contributed by atoms with E-state index in [0.717, 1.165) is 9.87 Å². The fourth-order valence-electron chi connectivity index (χ4n) is 4.66. The number of benzene rings is 3. The molecule has 0 radical (unpaired) electrons. The predicted octanol–water partition coefficient (Wildman–Crippen LogP) is 3.48. The Bertz CT molecular complexity index is 1510. The third-order valence-corrected chi connectivity index (χ3v) is 8.74. The van der Waals surface area contributed by atoms with Crippen molar-refractivity contribution in [3.8, 4) is 17.2 Å². The number of rotatable bonds is 12. The standard InChI is InChI=1S/C30H32N2O9S/c1-37-24-8-10-25(11-9-24)42(35,36)32(13-15-33)14-16-38-29-19-22(21-7-12-26-27(17-21)40-20-39-26)18-28(41-29)30(34)31-23-5-3-2-4-6-23/h2-12,17-18,22,29,33H,13-16,19-20H2,1H3,(H,31,34)/t22-,29+/m1/s1. The number of methoxy groups -OCH3 is 1. The van der Waals surface area contributed by atoms with E-state index in [1.165, 1.54) is 19.2 Å². The van der Waals surface area contributed by atoms with Crippen LogP contribution in [0.3, 0.4) is 0 Å². The Morgan fingerprint density at radius 2 is 1.79 bits per heavy atom. The number of carbonyl (C=O) groups excluding carboxylic acids is 1. The van der Waals surface area contributed by atoms with Gasteiger partial charge in [0.25, 0.3) is 5.91 Å². The van der Waals surface area contributed by atoms with E-state index in [2.05, 4.69) is 5.32 Å². The first-order valence-electron chi connectivity index (χ1n) is 13.4. The molecule has 2 atom stereocenters. The number of anilines is 1. The Labute approximate surface area is 244 Å². The highest BCUT2D eigenvalue weighted by molar-refractivity contribution is 7.89. The number of nitrogens with zero attached hydrogens (tertiary/aromatic N) is 1. The van der Waals surface area contributed by atoms with E-state index in [9.17, 15) is 18.3 Å². The number of hydrogen-bond donors (Lipinski definition) is 2. The van der Waals surface area contributed by atoms with Crippen molar-refractivity contribution in [1.82, 2.24) is 4.31 Å². The molecule has 0 aliphatic carbocycles. The van der Waals surface area contributed by atoms with Crippen LogP contribution >= 0.6 is 0 Å². The first kappa shape index (κ1) is 29.4. The lowest BCUT2D eigenvalue weighted by Gasteiger charge is -2.30. The van der Waals surface area contributed by atoms with Crippen LogP contribution < -0.4 is 19.5 Å². The van der Waals surface area contributed by atoms with Gasteiger partial charge in [0.2, 0.25) is 23.1 Å². The number of carbonyl (C=O) groups is 1. The molecule has 5 rings (SSSR count). The van der Waals surface area contributed by atoms with Crippen molar-refractivity contribution in [2.45, 2.75) is 23.5 Å². The van der Waals surface area contributed by atoms with Crippen LogP contribution in [0.25, 0.3) is 0 Å². The summed E-state index contributed by atoms with van der Waals surface area (Å²) in [4.78, 5) is 13.2. The molecule has 0 saturated carbocycles. The number of amides is 1. The maximum atomic E-state index is 13.3. The van der Waals surface area contributed by atoms with Gasteiger partial charge in [-0.05, 0) is 60.2 Å². The number of allylic oxidation sites excluding steroid dienone is 1. The molecule has 0 saturated heterocycles. The second-order valence-electron chi connectivity index (χ2n) is 9.53. The number of fused-ring (bicyclic) bond motifs is 1. The van der Waals surface area contributed by atoms with Crippen LogP contribution in [-0.2, 0) is 24.3 Å². The topological polar surface area (TPSA) is 133 Å². The molecule has 2 N–H and O–H groups in total. The van der Waals surface area contributed by atoms with Crippen molar-refractivity contribution in [1.29, 1.82) is 0 Å². The summed E-state index contributed by atoms with van der Waals surface area (Å²) >= 11 is 0. The van der Waals surface area contributed by atoms with E-state index >= 15 is 0 Å². The summed E-state index contributed by atoms with van der Waals surface area (Å²) in [7, 11) is -2.42. The molecule has 222 valence electrons. The van der Waals surface area contributed by atoms with Gasteiger partial charge in [0, 0.05) is 31.1 Å². The van der Waals surface area contributed by atoms with Crippen LogP contribution in [0.4, 0.5) is 5.69 Å². The second-order valence-corrected chi connectivity index (χ2v) is 11.5. The monoisotopic (exact) mass is 596 g/mol. The molecule has 3 aromatic rings. The summed E-state index contributed by atoms with van der Waals surface area (Å²) in [5, 5.41) is 12.4. The van der Waals surface area contributed by atoms with Crippen molar-refractivity contribution in [2.24, 2.45) is 0 Å². The van der Waals surface area contributed by atoms with Gasteiger partial charge in [0.15, 0.2) is 17.3 Å². The van der Waals surface area contributed by atoms with Crippen LogP contribution in [0.15, 0.2) is 89.5 Å². The van der Waals surface area contributed by atoms with Crippen LogP contribution in [0.1, 0.15) is 17.9 Å². The van der Waals surface area contributed by atoms with E-state index in [1.807, 2.05) is 36.4 Å². The predicted molar refractivity (Wildman–Crippen MR) is 153 cm³/mol. The molecule has 12 heteroatoms. The molecule has 1 amide bonds. The van der Waals surface area contributed by atoms with Crippen LogP contribution in [0.5, 0.6) is 17.2 Å². The molecule has 2 aliphatic rings. The molecule has 2 heterocycles. The smallest absolute Gasteiger partial charge is 0.290 e. The van der Waals surface area contributed by atoms with Gasteiger partial charge in [-0.3, -0.25) is 4.79 Å². The third-order valence-electron chi connectivity index (χ3n) is 6.83. The van der Waals surface area contributed by atoms with Gasteiger partial charge in [-0.1, -0.05) is 24.3 Å². The lowest BCUT2D eigenvalue weighted by Crippen LogP contribution is -2.37. The van der Waals surface area contributed by atoms with Crippen molar-refractivity contribution < 1.29 is 42.0 Å². The SMILES string of the molecule is COc1ccc(S(=O)(=O)N(CCO)CCO[C@@H]2C[C@H](c3ccc4c(c3)OCO4)C=C(C(=O)Nc3ccccc3)O2)cc1. The molecule has 42 heavy (non-hydrogen) atoms. The zero-order valence-electron chi connectivity index (χ0n) is 23.0. The molecular weight excluding hydrogens is 564 g/mol. The second kappa shape index (κ2) is 13.3. The maximum absolute atomic E-state index is 13.3. The Morgan fingerprint density at radius 1 is 1.02 bits per heavy atom. The summed E-state index contributed by atoms with van der Waals surface area (Å²) in [5.74, 6) is 1.17. The lowest BCUT2D eigenvalue weighted by molar-refractivity contribution is -0.143. The van der Waals surface area contributed by atoms with Gasteiger partial charge in [0.1, 0.15) is 5.75 Å². The number of para-hydroxylation sites is 1. The Kier molecular flexibility index (Phi) is 9.28. The highest BCUT2D eigenvalue weighted by Crippen LogP contribution is 2.38. The molecule has 0 unspecified atom stereocenters. The van der Waals surface area contributed by atoms with Crippen LogP contribution in [0.2, 0.25) is 0 Å². The van der Waals surface area contributed by atoms with Gasteiger partial charge in [0.05, 0.1) is 25.2 Å². The van der Waals surface area contributed by atoms with Crippen molar-refractivity contribution in [3.63, 3.8) is 0 Å². The van der Waals surface area contributed by atoms with Crippen LogP contribution in [0, 0.1) is 0 Å². The molecule has 0 bridgehead atoms. The molecule has 0 spiro atoms. The summed E-state index contributed by atoms with van der Waals surface area (Å²) < 4.78 is 55.7. The van der Waals surface area contributed by atoms with Crippen molar-refractivity contribution in [2.75, 3.05) is 45.5 Å². The van der Waals surface area contributed by atoms with E-state index in [0.29, 0.717) is 29.4 Å². The largest absolute Gasteiger partial charge is 0.497 e. The molecular formula is C30H32N2O9S. The summed E-state index contributed by atoms with van der Waals surface area (Å²) in [6.07, 6.45) is 1.26. The molecule has 0 fully saturated rings. The normalized spacial score (nSPS) is 17.8. The minimum atomic E-state index is -3.91. The Morgan fingerprint density at radius 3 is 2.52 bits per heavy atom. The summed E-state index contributed by atoms with van der Waals surface area (Å²) in [6.45, 7) is -0.426. The number of nitrogens with one attached hydrogen (secondary N) is 1. The Balaban J connectivity index is 1.30. The number of hydrogen-bond acceptors (Lipinski definition) is 9. The van der Waals surface area contributed by atoms with E-state index < -0.39 is 22.2 Å². The van der Waals surface area contributed by atoms with Gasteiger partial charge in [-0.15, -0.1) is 0 Å². The van der Waals surface area contributed by atoms with Gasteiger partial charge in [-0.25, -0.2) is 8.42 Å². The first-order chi connectivity index (χ1) is 20.4. The van der Waals surface area contributed by atoms with Crippen LogP contribution in [-0.4, -0.2) is 70.2 Å². The van der Waals surface area contributed by atoms with E-state index in [1.54, 1.807) is 30.3 Å². The van der Waals surface area contributed by atoms with Gasteiger partial charge >= 0.3 is 0 Å². The number of aliphatic hydroxyl groups is 1. The molecule has 3 aromatic carbocycles. The van der Waals surface area contributed by atoms with E-state index in [4.69, 9.17) is 23.7 Å². The fraction of sp³-hybridized carbons (Fsp3) is 0.300. The average molecular weight is 597 g/mol. The number of sulfonamides is 1. The first-order valence-corrected chi connectivity index (χ1v) is 14.8. The fourth-order valence-corrected chi connectivity index (χ4v) is 6.07. The minimum absolute atomic E-state index is 0.0402. The Hall–Kier alpha value is -4.10. The quantitative estimate of drug-likeness (QED) is 0.322. The van der Waals surface area contributed by atoms with Crippen molar-refractivity contribution >= 4 is 21.6 Å². The minimum Gasteiger partial charge on any atom is -0.497 e. The zero-order chi connectivity index (χ0) is 29.5. The van der Waals surface area contributed by atoms with Gasteiger partial charge in [-0.2, -0.15) is 4.31 Å². The zero-order valence-corrected chi connectivity index (χ0v) is 23.8. The van der Waals surface area contributed by atoms with E-state index in [-0.39, 0.29) is 49.7 Å². The summed E-state index contributed by atoms with van der Waals surface area (Å²) in [5.41, 5.74) is 1.49. The molecule has 11 nitrogen and oxygen atoms in total. The lowest BCUT2D eigenvalue weighted by atomic mass is 9.92. The van der Waals surface area contributed by atoms with Gasteiger partial charge < -0.3 is 34.1 Å². The van der Waals surface area contributed by atoms with Crippen molar-refractivity contribution in [3.05, 3.63) is 90.2 Å². The summed E-state index contributed by atoms with van der Waals surface area (Å²) in [6, 6.07) is 20.6. The highest BCUT2D eigenvalue weighted by Gasteiger charge is 2.31. The average Bonchev–Trinajstić information content (AvgIpc) is 3.49. The number of aliphatic hydroxyl groups excluding tert-OH is 1. The number of ether oxygens (including phenoxy) is 5. The third kappa shape index (κ3) is 6.85. The maximum Gasteiger partial charge on any atom is 0.290 e. The molecule has 2 aliphatic heterocycles. The highest BCUT2D eigenvalue weighted by atomic mass is 32.2.